The van der Waals surface area contributed by atoms with Crippen molar-refractivity contribution in [2.24, 2.45) is 4.99 Å². The molecular formula is C18H24ClFN2O4. The summed E-state index contributed by atoms with van der Waals surface area (Å²) in [6.07, 6.45) is 0.907. The van der Waals surface area contributed by atoms with Crippen LogP contribution in [0, 0.1) is 5.82 Å². The minimum atomic E-state index is -0.783. The molecule has 1 aromatic carbocycles. The molecule has 0 fully saturated rings. The average Bonchev–Trinajstić information content (AvgIpc) is 2.51. The number of hydrogen-bond donors (Lipinski definition) is 1. The number of anilines is 1. The van der Waals surface area contributed by atoms with E-state index in [1.54, 1.807) is 20.8 Å². The van der Waals surface area contributed by atoms with E-state index in [9.17, 15) is 14.0 Å². The minimum Gasteiger partial charge on any atom is -0.489 e. The topological polar surface area (TPSA) is 77.0 Å². The molecule has 0 aliphatic rings. The summed E-state index contributed by atoms with van der Waals surface area (Å²) in [4.78, 5) is 27.6. The monoisotopic (exact) mass is 386 g/mol. The lowest BCUT2D eigenvalue weighted by Gasteiger charge is -2.13. The third-order valence-electron chi connectivity index (χ3n) is 3.08. The highest BCUT2D eigenvalue weighted by Gasteiger charge is 2.15. The van der Waals surface area contributed by atoms with Crippen LogP contribution in [-0.4, -0.2) is 30.4 Å². The van der Waals surface area contributed by atoms with E-state index in [1.165, 1.54) is 6.07 Å². The fraction of sp³-hybridized carbons (Fsp3) is 0.500. The lowest BCUT2D eigenvalue weighted by atomic mass is 10.1. The van der Waals surface area contributed by atoms with E-state index in [-0.39, 0.29) is 35.6 Å². The fourth-order valence-corrected chi connectivity index (χ4v) is 2.30. The van der Waals surface area contributed by atoms with Crippen LogP contribution in [0.2, 0.25) is 5.02 Å². The summed E-state index contributed by atoms with van der Waals surface area (Å²) in [5, 5.41) is 2.46. The maximum absolute atomic E-state index is 14.0. The minimum absolute atomic E-state index is 0.0834. The van der Waals surface area contributed by atoms with E-state index in [0.717, 1.165) is 6.07 Å². The molecule has 1 N–H and O–H groups in total. The Morgan fingerprint density at radius 3 is 2.58 bits per heavy atom. The van der Waals surface area contributed by atoms with E-state index in [2.05, 4.69) is 10.3 Å². The SMILES string of the molecule is CCCC(CC(=O)OCC)=NC(=O)Nc1cc(OC(C)C)c(Cl)cc1F. The maximum Gasteiger partial charge on any atom is 0.345 e. The molecular weight excluding hydrogens is 363 g/mol. The number of halogens is 2. The molecule has 0 aliphatic carbocycles. The molecule has 6 nitrogen and oxygen atoms in total. The van der Waals surface area contributed by atoms with Crippen molar-refractivity contribution in [3.63, 3.8) is 0 Å². The number of amides is 2. The van der Waals surface area contributed by atoms with Crippen molar-refractivity contribution in [3.8, 4) is 5.75 Å². The van der Waals surface area contributed by atoms with Gasteiger partial charge in [0.2, 0.25) is 0 Å². The molecule has 0 bridgehead atoms. The molecule has 0 aromatic heterocycles. The molecule has 2 amide bonds. The molecule has 1 aromatic rings. The predicted octanol–water partition coefficient (Wildman–Crippen LogP) is 4.99. The first-order valence-electron chi connectivity index (χ1n) is 8.45. The van der Waals surface area contributed by atoms with Crippen LogP contribution in [0.5, 0.6) is 5.75 Å². The fourth-order valence-electron chi connectivity index (χ4n) is 2.11. The summed E-state index contributed by atoms with van der Waals surface area (Å²) >= 11 is 5.94. The first kappa shape index (κ1) is 21.9. The number of hydrogen-bond acceptors (Lipinski definition) is 4. The Bertz CT molecular complexity index is 677. The molecule has 26 heavy (non-hydrogen) atoms. The number of aliphatic imine (C=N–C) groups is 1. The smallest absolute Gasteiger partial charge is 0.345 e. The zero-order valence-electron chi connectivity index (χ0n) is 15.4. The van der Waals surface area contributed by atoms with Gasteiger partial charge >= 0.3 is 12.0 Å². The Morgan fingerprint density at radius 1 is 1.31 bits per heavy atom. The van der Waals surface area contributed by atoms with Gasteiger partial charge in [-0.25, -0.2) is 14.2 Å². The lowest BCUT2D eigenvalue weighted by Crippen LogP contribution is -2.16. The van der Waals surface area contributed by atoms with Crippen molar-refractivity contribution < 1.29 is 23.5 Å². The van der Waals surface area contributed by atoms with Crippen LogP contribution >= 0.6 is 11.6 Å². The van der Waals surface area contributed by atoms with Crippen molar-refractivity contribution in [2.45, 2.75) is 53.1 Å². The van der Waals surface area contributed by atoms with Gasteiger partial charge in [0.15, 0.2) is 0 Å². The number of ether oxygens (including phenoxy) is 2. The molecule has 0 radical (unpaired) electrons. The predicted molar refractivity (Wildman–Crippen MR) is 99.8 cm³/mol. The molecule has 0 saturated heterocycles. The largest absolute Gasteiger partial charge is 0.489 e. The number of carbonyl (C=O) groups excluding carboxylic acids is 2. The summed E-state index contributed by atoms with van der Waals surface area (Å²) in [5.74, 6) is -0.919. The normalized spacial score (nSPS) is 11.4. The third kappa shape index (κ3) is 7.39. The second kappa shape index (κ2) is 10.8. The van der Waals surface area contributed by atoms with Gasteiger partial charge in [0.05, 0.1) is 29.8 Å². The number of nitrogens with zero attached hydrogens (tertiary/aromatic N) is 1. The molecule has 0 aliphatic heterocycles. The van der Waals surface area contributed by atoms with E-state index in [0.29, 0.717) is 18.6 Å². The highest BCUT2D eigenvalue weighted by molar-refractivity contribution is 6.32. The maximum atomic E-state index is 14.0. The van der Waals surface area contributed by atoms with Crippen LogP contribution in [0.4, 0.5) is 14.9 Å². The number of urea groups is 1. The molecule has 0 unspecified atom stereocenters. The van der Waals surface area contributed by atoms with E-state index >= 15 is 0 Å². The summed E-state index contributed by atoms with van der Waals surface area (Å²) in [6, 6.07) is 1.58. The Morgan fingerprint density at radius 2 is 2.00 bits per heavy atom. The Hall–Kier alpha value is -2.15. The number of rotatable bonds is 8. The summed E-state index contributed by atoms with van der Waals surface area (Å²) in [7, 11) is 0. The first-order valence-corrected chi connectivity index (χ1v) is 8.83. The van der Waals surface area contributed by atoms with Crippen molar-refractivity contribution >= 4 is 35.0 Å². The Balaban J connectivity index is 2.94. The molecule has 0 saturated carbocycles. The molecule has 144 valence electrons. The van der Waals surface area contributed by atoms with Gasteiger partial charge in [-0.3, -0.25) is 4.79 Å². The number of carbonyl (C=O) groups is 2. The summed E-state index contributed by atoms with van der Waals surface area (Å²) < 4.78 is 24.4. The van der Waals surface area contributed by atoms with Crippen LogP contribution in [0.25, 0.3) is 0 Å². The van der Waals surface area contributed by atoms with Crippen molar-refractivity contribution in [3.05, 3.63) is 23.0 Å². The van der Waals surface area contributed by atoms with Crippen LogP contribution in [0.15, 0.2) is 17.1 Å². The zero-order chi connectivity index (χ0) is 19.7. The molecule has 0 atom stereocenters. The van der Waals surface area contributed by atoms with Gasteiger partial charge in [0, 0.05) is 11.8 Å². The summed E-state index contributed by atoms with van der Waals surface area (Å²) in [5.41, 5.74) is 0.266. The quantitative estimate of drug-likeness (QED) is 0.504. The Labute approximate surface area is 157 Å². The number of esters is 1. The van der Waals surface area contributed by atoms with Gasteiger partial charge in [0.1, 0.15) is 11.6 Å². The molecule has 1 rings (SSSR count). The molecule has 0 spiro atoms. The standard InChI is InChI=1S/C18H24ClFN2O4/c1-5-7-12(8-17(23)25-6-2)21-18(24)22-15-10-16(26-11(3)4)13(19)9-14(15)20/h9-11H,5-8H2,1-4H3,(H,22,24). The summed E-state index contributed by atoms with van der Waals surface area (Å²) in [6.45, 7) is 7.44. The second-order valence-corrected chi connectivity index (χ2v) is 6.18. The third-order valence-corrected chi connectivity index (χ3v) is 3.37. The number of benzene rings is 1. The van der Waals surface area contributed by atoms with E-state index < -0.39 is 17.8 Å². The van der Waals surface area contributed by atoms with Gasteiger partial charge in [-0.15, -0.1) is 0 Å². The second-order valence-electron chi connectivity index (χ2n) is 5.77. The van der Waals surface area contributed by atoms with Crippen LogP contribution < -0.4 is 10.1 Å². The lowest BCUT2D eigenvalue weighted by molar-refractivity contribution is -0.141. The van der Waals surface area contributed by atoms with Crippen molar-refractivity contribution in [2.75, 3.05) is 11.9 Å². The first-order chi connectivity index (χ1) is 12.3. The molecule has 0 heterocycles. The van der Waals surface area contributed by atoms with Gasteiger partial charge < -0.3 is 14.8 Å². The van der Waals surface area contributed by atoms with Gasteiger partial charge in [0.25, 0.3) is 0 Å². The van der Waals surface area contributed by atoms with E-state index in [4.69, 9.17) is 21.1 Å². The number of nitrogens with one attached hydrogen (secondary N) is 1. The van der Waals surface area contributed by atoms with Crippen LogP contribution in [0.1, 0.15) is 47.0 Å². The van der Waals surface area contributed by atoms with E-state index in [1.807, 2.05) is 6.92 Å². The van der Waals surface area contributed by atoms with Gasteiger partial charge in [-0.1, -0.05) is 24.9 Å². The average molecular weight is 387 g/mol. The highest BCUT2D eigenvalue weighted by Crippen LogP contribution is 2.31. The van der Waals surface area contributed by atoms with Crippen molar-refractivity contribution in [1.29, 1.82) is 0 Å². The van der Waals surface area contributed by atoms with Gasteiger partial charge in [-0.05, 0) is 33.3 Å². The Kier molecular flexibility index (Phi) is 9.05. The van der Waals surface area contributed by atoms with Crippen LogP contribution in [-0.2, 0) is 9.53 Å². The van der Waals surface area contributed by atoms with Gasteiger partial charge in [-0.2, -0.15) is 0 Å². The zero-order valence-corrected chi connectivity index (χ0v) is 16.2. The van der Waals surface area contributed by atoms with Crippen LogP contribution in [0.3, 0.4) is 0 Å². The van der Waals surface area contributed by atoms with Crippen molar-refractivity contribution in [1.82, 2.24) is 0 Å². The highest BCUT2D eigenvalue weighted by atomic mass is 35.5. The molecule has 8 heteroatoms.